The lowest BCUT2D eigenvalue weighted by Gasteiger charge is -2.13. The molecule has 0 radical (unpaired) electrons. The van der Waals surface area contributed by atoms with E-state index in [1.807, 2.05) is 6.07 Å². The fourth-order valence-corrected chi connectivity index (χ4v) is 1.96. The topological polar surface area (TPSA) is 55.6 Å². The lowest BCUT2D eigenvalue weighted by molar-refractivity contribution is -0.130. The Kier molecular flexibility index (Phi) is 5.83. The number of amides is 1. The minimum Gasteiger partial charge on any atom is -0.496 e. The highest BCUT2D eigenvalue weighted by Crippen LogP contribution is 2.25. The van der Waals surface area contributed by atoms with E-state index in [-0.39, 0.29) is 5.91 Å². The third-order valence-corrected chi connectivity index (χ3v) is 3.20. The Morgan fingerprint density at radius 1 is 1.42 bits per heavy atom. The van der Waals surface area contributed by atoms with Gasteiger partial charge in [-0.1, -0.05) is 26.0 Å². The molecule has 4 heteroatoms. The summed E-state index contributed by atoms with van der Waals surface area (Å²) in [7, 11) is 3.25. The number of carbonyl (C=O) groups excluding carboxylic acids is 1. The van der Waals surface area contributed by atoms with Crippen molar-refractivity contribution < 1.29 is 9.53 Å². The van der Waals surface area contributed by atoms with E-state index in [2.05, 4.69) is 26.0 Å². The van der Waals surface area contributed by atoms with Crippen molar-refractivity contribution in [2.45, 2.75) is 39.0 Å². The molecule has 106 valence electrons. The molecule has 0 fully saturated rings. The number of benzene rings is 1. The number of nitrogens with two attached hydrogens (primary N) is 1. The molecule has 0 saturated carbocycles. The number of aryl methyl sites for hydroxylation is 1. The van der Waals surface area contributed by atoms with Crippen LogP contribution in [0.15, 0.2) is 18.2 Å². The van der Waals surface area contributed by atoms with Gasteiger partial charge in [-0.25, -0.2) is 5.84 Å². The van der Waals surface area contributed by atoms with Crippen molar-refractivity contribution in [2.24, 2.45) is 5.84 Å². The van der Waals surface area contributed by atoms with Crippen LogP contribution in [0.25, 0.3) is 0 Å². The maximum Gasteiger partial charge on any atom is 0.236 e. The van der Waals surface area contributed by atoms with E-state index in [1.165, 1.54) is 5.56 Å². The molecule has 0 heterocycles. The van der Waals surface area contributed by atoms with Crippen LogP contribution in [-0.2, 0) is 11.2 Å². The molecular weight excluding hydrogens is 240 g/mol. The van der Waals surface area contributed by atoms with Crippen molar-refractivity contribution in [1.82, 2.24) is 5.01 Å². The van der Waals surface area contributed by atoms with Gasteiger partial charge in [0.05, 0.1) is 7.11 Å². The van der Waals surface area contributed by atoms with E-state index in [1.54, 1.807) is 14.2 Å². The lowest BCUT2D eigenvalue weighted by Crippen LogP contribution is -2.32. The van der Waals surface area contributed by atoms with Gasteiger partial charge in [-0.05, 0) is 36.0 Å². The first kappa shape index (κ1) is 15.5. The van der Waals surface area contributed by atoms with E-state index in [9.17, 15) is 4.79 Å². The van der Waals surface area contributed by atoms with Gasteiger partial charge >= 0.3 is 0 Å². The van der Waals surface area contributed by atoms with Crippen LogP contribution >= 0.6 is 0 Å². The second-order valence-electron chi connectivity index (χ2n) is 5.08. The molecule has 0 unspecified atom stereocenters. The summed E-state index contributed by atoms with van der Waals surface area (Å²) < 4.78 is 5.37. The molecule has 1 aromatic rings. The van der Waals surface area contributed by atoms with Gasteiger partial charge in [-0.2, -0.15) is 0 Å². The second-order valence-corrected chi connectivity index (χ2v) is 5.08. The zero-order valence-corrected chi connectivity index (χ0v) is 12.3. The molecule has 1 aromatic carbocycles. The van der Waals surface area contributed by atoms with Crippen molar-refractivity contribution in [3.05, 3.63) is 29.3 Å². The molecule has 1 amide bonds. The minimum absolute atomic E-state index is 0.0426. The molecule has 0 aromatic heterocycles. The van der Waals surface area contributed by atoms with Gasteiger partial charge in [0.25, 0.3) is 0 Å². The van der Waals surface area contributed by atoms with Crippen LogP contribution in [0, 0.1) is 0 Å². The molecule has 0 saturated heterocycles. The van der Waals surface area contributed by atoms with Gasteiger partial charge in [0.1, 0.15) is 5.75 Å². The number of hydrazine groups is 1. The van der Waals surface area contributed by atoms with Crippen LogP contribution in [0.3, 0.4) is 0 Å². The molecule has 4 nitrogen and oxygen atoms in total. The molecule has 0 bridgehead atoms. The fraction of sp³-hybridized carbons (Fsp3) is 0.533. The smallest absolute Gasteiger partial charge is 0.236 e. The van der Waals surface area contributed by atoms with Crippen LogP contribution in [0.2, 0.25) is 0 Å². The molecule has 2 N–H and O–H groups in total. The summed E-state index contributed by atoms with van der Waals surface area (Å²) in [4.78, 5) is 11.4. The summed E-state index contributed by atoms with van der Waals surface area (Å²) in [6.07, 6.45) is 2.06. The summed E-state index contributed by atoms with van der Waals surface area (Å²) in [6, 6.07) is 6.26. The number of nitrogens with zero attached hydrogens (tertiary/aromatic N) is 1. The molecule has 0 aliphatic carbocycles. The Morgan fingerprint density at radius 2 is 2.11 bits per heavy atom. The maximum atomic E-state index is 11.4. The SMILES string of the molecule is COc1ccc(C(C)C)cc1CCCC(=O)N(C)N. The highest BCUT2D eigenvalue weighted by atomic mass is 16.5. The Labute approximate surface area is 115 Å². The summed E-state index contributed by atoms with van der Waals surface area (Å²) in [6.45, 7) is 4.33. The van der Waals surface area contributed by atoms with Gasteiger partial charge in [-0.15, -0.1) is 0 Å². The highest BCUT2D eigenvalue weighted by Gasteiger charge is 2.09. The van der Waals surface area contributed by atoms with Gasteiger partial charge in [0.15, 0.2) is 0 Å². The first-order chi connectivity index (χ1) is 8.95. The van der Waals surface area contributed by atoms with E-state index >= 15 is 0 Å². The number of hydrogen-bond donors (Lipinski definition) is 1. The standard InChI is InChI=1S/C15H24N2O2/c1-11(2)12-8-9-14(19-4)13(10-12)6-5-7-15(18)17(3)16/h8-11H,5-7,16H2,1-4H3. The van der Waals surface area contributed by atoms with Crippen molar-refractivity contribution in [3.8, 4) is 5.75 Å². The van der Waals surface area contributed by atoms with E-state index in [4.69, 9.17) is 10.6 Å². The Hall–Kier alpha value is -1.55. The molecule has 0 aliphatic rings. The zero-order chi connectivity index (χ0) is 14.4. The number of carbonyl (C=O) groups is 1. The average Bonchev–Trinajstić information content (AvgIpc) is 2.38. The minimum atomic E-state index is -0.0426. The van der Waals surface area contributed by atoms with Crippen molar-refractivity contribution in [1.29, 1.82) is 0 Å². The number of rotatable bonds is 6. The Balaban J connectivity index is 2.70. The zero-order valence-electron chi connectivity index (χ0n) is 12.3. The van der Waals surface area contributed by atoms with Crippen molar-refractivity contribution in [2.75, 3.05) is 14.2 Å². The molecule has 0 atom stereocenters. The normalized spacial score (nSPS) is 10.6. The fourth-order valence-electron chi connectivity index (χ4n) is 1.96. The first-order valence-corrected chi connectivity index (χ1v) is 6.63. The van der Waals surface area contributed by atoms with Crippen LogP contribution in [0.4, 0.5) is 0 Å². The van der Waals surface area contributed by atoms with Gasteiger partial charge in [0.2, 0.25) is 5.91 Å². The van der Waals surface area contributed by atoms with E-state index in [0.29, 0.717) is 12.3 Å². The number of methoxy groups -OCH3 is 1. The second kappa shape index (κ2) is 7.14. The predicted molar refractivity (Wildman–Crippen MR) is 77.0 cm³/mol. The maximum absolute atomic E-state index is 11.4. The van der Waals surface area contributed by atoms with Gasteiger partial charge < -0.3 is 4.74 Å². The number of ether oxygens (including phenoxy) is 1. The predicted octanol–water partition coefficient (Wildman–Crippen LogP) is 2.47. The van der Waals surface area contributed by atoms with Crippen LogP contribution in [0.5, 0.6) is 5.75 Å². The molecular formula is C15H24N2O2. The van der Waals surface area contributed by atoms with E-state index < -0.39 is 0 Å². The largest absolute Gasteiger partial charge is 0.496 e. The summed E-state index contributed by atoms with van der Waals surface area (Å²) >= 11 is 0. The van der Waals surface area contributed by atoms with Gasteiger partial charge in [0, 0.05) is 13.5 Å². The average molecular weight is 264 g/mol. The van der Waals surface area contributed by atoms with Crippen molar-refractivity contribution in [3.63, 3.8) is 0 Å². The van der Waals surface area contributed by atoms with Crippen molar-refractivity contribution >= 4 is 5.91 Å². The number of hydrogen-bond acceptors (Lipinski definition) is 3. The highest BCUT2D eigenvalue weighted by molar-refractivity contribution is 5.75. The Bertz CT molecular complexity index is 428. The van der Waals surface area contributed by atoms with Crippen LogP contribution in [0.1, 0.15) is 43.7 Å². The molecule has 0 spiro atoms. The summed E-state index contributed by atoms with van der Waals surface area (Å²) in [5, 5.41) is 1.14. The Morgan fingerprint density at radius 3 is 2.63 bits per heavy atom. The third-order valence-electron chi connectivity index (χ3n) is 3.20. The summed E-state index contributed by atoms with van der Waals surface area (Å²) in [5.74, 6) is 6.73. The lowest BCUT2D eigenvalue weighted by atomic mass is 9.97. The quantitative estimate of drug-likeness (QED) is 0.488. The van der Waals surface area contributed by atoms with Crippen LogP contribution in [-0.4, -0.2) is 25.1 Å². The molecule has 19 heavy (non-hydrogen) atoms. The molecule has 1 rings (SSSR count). The third kappa shape index (κ3) is 4.56. The molecule has 0 aliphatic heterocycles. The van der Waals surface area contributed by atoms with Crippen LogP contribution < -0.4 is 10.6 Å². The summed E-state index contributed by atoms with van der Waals surface area (Å²) in [5.41, 5.74) is 2.44. The van der Waals surface area contributed by atoms with Gasteiger partial charge in [-0.3, -0.25) is 9.80 Å². The van der Waals surface area contributed by atoms with E-state index in [0.717, 1.165) is 29.2 Å². The first-order valence-electron chi connectivity index (χ1n) is 6.63. The monoisotopic (exact) mass is 264 g/mol.